The quantitative estimate of drug-likeness (QED) is 0.608. The molecule has 0 saturated heterocycles. The fourth-order valence-electron chi connectivity index (χ4n) is 0.596. The van der Waals surface area contributed by atoms with Gasteiger partial charge in [-0.05, 0) is 6.92 Å². The number of aliphatic hydroxyl groups is 1. The van der Waals surface area contributed by atoms with Gasteiger partial charge in [-0.2, -0.15) is 0 Å². The van der Waals surface area contributed by atoms with Crippen molar-refractivity contribution in [1.82, 2.24) is 0 Å². The highest BCUT2D eigenvalue weighted by Crippen LogP contribution is 1.94. The van der Waals surface area contributed by atoms with Crippen LogP contribution in [0.1, 0.15) is 6.92 Å². The average molecular weight is 178 g/mol. The molecular weight excluding hydrogens is 164 g/mol. The molecule has 0 aliphatic rings. The molecule has 0 radical (unpaired) electrons. The minimum atomic E-state index is -0.784. The van der Waals surface area contributed by atoms with Crippen LogP contribution in [0.5, 0.6) is 0 Å². The lowest BCUT2D eigenvalue weighted by Crippen LogP contribution is -2.21. The summed E-state index contributed by atoms with van der Waals surface area (Å²) in [6.45, 7) is 1.77. The van der Waals surface area contributed by atoms with E-state index in [-0.39, 0.29) is 19.3 Å². The minimum absolute atomic E-state index is 0.0431. The van der Waals surface area contributed by atoms with E-state index in [0.29, 0.717) is 6.61 Å². The lowest BCUT2D eigenvalue weighted by Gasteiger charge is -2.11. The number of carbonyl (C=O) groups is 1. The second-order valence-corrected chi connectivity index (χ2v) is 2.21. The molecule has 1 atom stereocenters. The third kappa shape index (κ3) is 5.94. The van der Waals surface area contributed by atoms with Crippen molar-refractivity contribution in [3.8, 4) is 0 Å². The highest BCUT2D eigenvalue weighted by molar-refractivity contribution is 5.60. The summed E-state index contributed by atoms with van der Waals surface area (Å²) in [6.07, 6.45) is -1.12. The van der Waals surface area contributed by atoms with Crippen molar-refractivity contribution in [2.45, 2.75) is 13.0 Å². The summed E-state index contributed by atoms with van der Waals surface area (Å²) in [4.78, 5) is 10.7. The Bertz CT molecular complexity index is 125. The Morgan fingerprint density at radius 2 is 2.25 bits per heavy atom. The Hall–Kier alpha value is -0.810. The summed E-state index contributed by atoms with van der Waals surface area (Å²) in [6, 6.07) is 0. The van der Waals surface area contributed by atoms with Crippen molar-refractivity contribution in [2.24, 2.45) is 0 Å². The Kier molecular flexibility index (Phi) is 6.41. The lowest BCUT2D eigenvalue weighted by atomic mass is 10.4. The van der Waals surface area contributed by atoms with Crippen LogP contribution in [0.15, 0.2) is 0 Å². The van der Waals surface area contributed by atoms with Gasteiger partial charge in [0.2, 0.25) is 0 Å². The van der Waals surface area contributed by atoms with Crippen LogP contribution < -0.4 is 0 Å². The zero-order chi connectivity index (χ0) is 9.40. The standard InChI is InChI=1S/C7H14O5/c1-6(5-10-2)12-7(9)11-4-3-8/h6,8H,3-5H2,1-2H3. The Balaban J connectivity index is 3.40. The van der Waals surface area contributed by atoms with E-state index < -0.39 is 6.16 Å². The van der Waals surface area contributed by atoms with Gasteiger partial charge in [0.1, 0.15) is 12.7 Å². The van der Waals surface area contributed by atoms with Crippen molar-refractivity contribution in [2.75, 3.05) is 26.9 Å². The van der Waals surface area contributed by atoms with Gasteiger partial charge in [0.15, 0.2) is 0 Å². The van der Waals surface area contributed by atoms with E-state index in [4.69, 9.17) is 14.6 Å². The lowest BCUT2D eigenvalue weighted by molar-refractivity contribution is -0.00406. The molecule has 0 heterocycles. The largest absolute Gasteiger partial charge is 0.508 e. The molecule has 0 bridgehead atoms. The van der Waals surface area contributed by atoms with E-state index in [1.54, 1.807) is 6.92 Å². The molecule has 72 valence electrons. The van der Waals surface area contributed by atoms with Crippen molar-refractivity contribution < 1.29 is 24.1 Å². The van der Waals surface area contributed by atoms with Crippen molar-refractivity contribution in [1.29, 1.82) is 0 Å². The highest BCUT2D eigenvalue weighted by atomic mass is 16.7. The summed E-state index contributed by atoms with van der Waals surface area (Å²) in [7, 11) is 1.51. The van der Waals surface area contributed by atoms with E-state index >= 15 is 0 Å². The van der Waals surface area contributed by atoms with Crippen LogP contribution in [0.2, 0.25) is 0 Å². The number of hydrogen-bond donors (Lipinski definition) is 1. The predicted molar refractivity (Wildman–Crippen MR) is 40.9 cm³/mol. The van der Waals surface area contributed by atoms with Gasteiger partial charge in [0, 0.05) is 7.11 Å². The third-order valence-electron chi connectivity index (χ3n) is 1.01. The first-order valence-corrected chi connectivity index (χ1v) is 3.64. The molecular formula is C7H14O5. The first-order valence-electron chi connectivity index (χ1n) is 3.64. The van der Waals surface area contributed by atoms with Gasteiger partial charge < -0.3 is 19.3 Å². The smallest absolute Gasteiger partial charge is 0.432 e. The molecule has 0 aromatic rings. The number of aliphatic hydroxyl groups excluding tert-OH is 1. The monoisotopic (exact) mass is 178 g/mol. The SMILES string of the molecule is COCC(C)OC(=O)OCCO. The van der Waals surface area contributed by atoms with Gasteiger partial charge in [-0.25, -0.2) is 4.79 Å². The highest BCUT2D eigenvalue weighted by Gasteiger charge is 2.09. The molecule has 0 rings (SSSR count). The number of methoxy groups -OCH3 is 1. The molecule has 0 aromatic carbocycles. The number of ether oxygens (including phenoxy) is 3. The first kappa shape index (κ1) is 11.2. The molecule has 5 nitrogen and oxygen atoms in total. The third-order valence-corrected chi connectivity index (χ3v) is 1.01. The molecule has 1 unspecified atom stereocenters. The Labute approximate surface area is 71.2 Å². The molecule has 0 aromatic heterocycles. The maximum Gasteiger partial charge on any atom is 0.508 e. The van der Waals surface area contributed by atoms with Crippen LogP contribution in [0.4, 0.5) is 4.79 Å². The average Bonchev–Trinajstić information content (AvgIpc) is 2.01. The van der Waals surface area contributed by atoms with Gasteiger partial charge in [-0.15, -0.1) is 0 Å². The molecule has 0 spiro atoms. The van der Waals surface area contributed by atoms with Gasteiger partial charge in [0.25, 0.3) is 0 Å². The second kappa shape index (κ2) is 6.87. The maximum absolute atomic E-state index is 10.7. The summed E-state index contributed by atoms with van der Waals surface area (Å²) in [5, 5.41) is 8.30. The van der Waals surface area contributed by atoms with Crippen molar-refractivity contribution in [3.05, 3.63) is 0 Å². The molecule has 12 heavy (non-hydrogen) atoms. The molecule has 0 fully saturated rings. The van der Waals surface area contributed by atoms with Crippen molar-refractivity contribution >= 4 is 6.16 Å². The summed E-state index contributed by atoms with van der Waals surface area (Å²) < 4.78 is 13.9. The Morgan fingerprint density at radius 1 is 1.58 bits per heavy atom. The normalized spacial score (nSPS) is 12.2. The van der Waals surface area contributed by atoms with Crippen LogP contribution >= 0.6 is 0 Å². The Morgan fingerprint density at radius 3 is 2.75 bits per heavy atom. The van der Waals surface area contributed by atoms with Gasteiger partial charge in [0.05, 0.1) is 13.2 Å². The fraction of sp³-hybridized carbons (Fsp3) is 0.857. The van der Waals surface area contributed by atoms with Crippen LogP contribution in [0, 0.1) is 0 Å². The summed E-state index contributed by atoms with van der Waals surface area (Å²) in [5.74, 6) is 0. The number of hydrogen-bond acceptors (Lipinski definition) is 5. The first-order chi connectivity index (χ1) is 5.70. The van der Waals surface area contributed by atoms with Gasteiger partial charge in [-0.1, -0.05) is 0 Å². The molecule has 1 N–H and O–H groups in total. The summed E-state index contributed by atoms with van der Waals surface area (Å²) >= 11 is 0. The van der Waals surface area contributed by atoms with Crippen LogP contribution in [-0.2, 0) is 14.2 Å². The molecule has 0 amide bonds. The van der Waals surface area contributed by atoms with E-state index in [9.17, 15) is 4.79 Å². The van der Waals surface area contributed by atoms with E-state index in [0.717, 1.165) is 0 Å². The zero-order valence-electron chi connectivity index (χ0n) is 7.28. The topological polar surface area (TPSA) is 65.0 Å². The van der Waals surface area contributed by atoms with E-state index in [1.807, 2.05) is 0 Å². The fourth-order valence-corrected chi connectivity index (χ4v) is 0.596. The van der Waals surface area contributed by atoms with Gasteiger partial charge in [-0.3, -0.25) is 0 Å². The predicted octanol–water partition coefficient (Wildman–Crippen LogP) is 0.167. The zero-order valence-corrected chi connectivity index (χ0v) is 7.28. The van der Waals surface area contributed by atoms with Crippen LogP contribution in [0.3, 0.4) is 0 Å². The molecule has 0 aliphatic carbocycles. The van der Waals surface area contributed by atoms with Gasteiger partial charge >= 0.3 is 6.16 Å². The van der Waals surface area contributed by atoms with E-state index in [2.05, 4.69) is 4.74 Å². The van der Waals surface area contributed by atoms with Crippen molar-refractivity contribution in [3.63, 3.8) is 0 Å². The second-order valence-electron chi connectivity index (χ2n) is 2.21. The number of carbonyl (C=O) groups excluding carboxylic acids is 1. The van der Waals surface area contributed by atoms with E-state index in [1.165, 1.54) is 7.11 Å². The van der Waals surface area contributed by atoms with Crippen LogP contribution in [-0.4, -0.2) is 44.3 Å². The molecule has 0 saturated carbocycles. The minimum Gasteiger partial charge on any atom is -0.432 e. The molecule has 0 aliphatic heterocycles. The summed E-state index contributed by atoms with van der Waals surface area (Å²) in [5.41, 5.74) is 0. The number of rotatable bonds is 5. The molecule has 5 heteroatoms. The maximum atomic E-state index is 10.7. The van der Waals surface area contributed by atoms with Crippen LogP contribution in [0.25, 0.3) is 0 Å².